The van der Waals surface area contributed by atoms with Crippen LogP contribution in [0.15, 0.2) is 42.5 Å². The second-order valence-electron chi connectivity index (χ2n) is 8.16. The molecule has 0 aliphatic carbocycles. The highest BCUT2D eigenvalue weighted by molar-refractivity contribution is 5.97. The van der Waals surface area contributed by atoms with Gasteiger partial charge in [-0.15, -0.1) is 0 Å². The number of ether oxygens (including phenoxy) is 2. The fourth-order valence-corrected chi connectivity index (χ4v) is 4.20. The zero-order valence-corrected chi connectivity index (χ0v) is 17.8. The van der Waals surface area contributed by atoms with Crippen molar-refractivity contribution >= 4 is 11.8 Å². The summed E-state index contributed by atoms with van der Waals surface area (Å²) in [6, 6.07) is 7.32. The average Bonchev–Trinajstić information content (AvgIpc) is 3.40. The zero-order chi connectivity index (χ0) is 23.8. The van der Waals surface area contributed by atoms with E-state index in [1.54, 1.807) is 0 Å². The van der Waals surface area contributed by atoms with Gasteiger partial charge in [0.05, 0.1) is 25.8 Å². The molecule has 3 N–H and O–H groups in total. The summed E-state index contributed by atoms with van der Waals surface area (Å²) >= 11 is 0. The number of benzene rings is 2. The van der Waals surface area contributed by atoms with Crippen LogP contribution in [0.5, 0.6) is 0 Å². The zero-order valence-electron chi connectivity index (χ0n) is 17.8. The Morgan fingerprint density at radius 3 is 2.39 bits per heavy atom. The van der Waals surface area contributed by atoms with Crippen LogP contribution in [0.1, 0.15) is 23.7 Å². The maximum absolute atomic E-state index is 14.0. The Hall–Kier alpha value is -2.92. The van der Waals surface area contributed by atoms with Gasteiger partial charge in [-0.3, -0.25) is 9.59 Å². The van der Waals surface area contributed by atoms with Gasteiger partial charge in [-0.25, -0.2) is 8.78 Å². The average molecular weight is 462 g/mol. The number of nitrogens with one attached hydrogen (secondary N) is 1. The Morgan fingerprint density at radius 1 is 1.12 bits per heavy atom. The van der Waals surface area contributed by atoms with Crippen molar-refractivity contribution in [3.63, 3.8) is 0 Å². The lowest BCUT2D eigenvalue weighted by atomic mass is 10.0. The van der Waals surface area contributed by atoms with Crippen LogP contribution in [0.2, 0.25) is 0 Å². The van der Waals surface area contributed by atoms with E-state index in [0.717, 1.165) is 12.1 Å². The molecule has 2 aliphatic heterocycles. The molecule has 2 heterocycles. The van der Waals surface area contributed by atoms with Gasteiger partial charge in [0.1, 0.15) is 17.7 Å². The number of aliphatic hydroxyl groups excluding tert-OH is 1. The Balaban J connectivity index is 1.43. The van der Waals surface area contributed by atoms with Gasteiger partial charge in [-0.2, -0.15) is 0 Å². The third-order valence-electron chi connectivity index (χ3n) is 5.88. The highest BCUT2D eigenvalue weighted by Crippen LogP contribution is 2.36. The number of halogens is 2. The van der Waals surface area contributed by atoms with Gasteiger partial charge in [0, 0.05) is 23.6 Å². The standard InChI is InChI=1S/C23H24F2N2O6/c1-13(21(29)27-12-23(32-8-9-33-23)11-19(27)22(30)31)26-20(28)15-4-2-14(3-5-15)17-7-6-16(24)10-18(17)25/h2-7,10,13,19,22,30-31H,8-9,11-12H2,1H3,(H,26,28)/t13-,19-/m0/s1. The van der Waals surface area contributed by atoms with Gasteiger partial charge in [0.2, 0.25) is 5.91 Å². The second kappa shape index (κ2) is 9.14. The van der Waals surface area contributed by atoms with E-state index in [2.05, 4.69) is 5.32 Å². The molecule has 2 atom stereocenters. The molecule has 8 nitrogen and oxygen atoms in total. The Kier molecular flexibility index (Phi) is 6.44. The molecular weight excluding hydrogens is 438 g/mol. The smallest absolute Gasteiger partial charge is 0.251 e. The highest BCUT2D eigenvalue weighted by Gasteiger charge is 2.52. The maximum Gasteiger partial charge on any atom is 0.251 e. The topological polar surface area (TPSA) is 108 Å². The van der Waals surface area contributed by atoms with E-state index in [4.69, 9.17) is 9.47 Å². The number of carbonyl (C=O) groups excluding carboxylic acids is 2. The monoisotopic (exact) mass is 462 g/mol. The molecule has 0 unspecified atom stereocenters. The molecule has 0 saturated carbocycles. The number of aliphatic hydroxyl groups is 2. The lowest BCUT2D eigenvalue weighted by molar-refractivity contribution is -0.153. The van der Waals surface area contributed by atoms with Crippen LogP contribution >= 0.6 is 0 Å². The lowest BCUT2D eigenvalue weighted by Gasteiger charge is -2.28. The summed E-state index contributed by atoms with van der Waals surface area (Å²) < 4.78 is 38.3. The number of carbonyl (C=O) groups is 2. The Bertz CT molecular complexity index is 1040. The van der Waals surface area contributed by atoms with Crippen LogP contribution in [-0.2, 0) is 14.3 Å². The molecule has 2 aliphatic rings. The van der Waals surface area contributed by atoms with E-state index in [9.17, 15) is 28.6 Å². The molecule has 0 bridgehead atoms. The van der Waals surface area contributed by atoms with Crippen molar-refractivity contribution in [3.05, 3.63) is 59.7 Å². The molecule has 4 rings (SSSR count). The van der Waals surface area contributed by atoms with E-state index in [0.29, 0.717) is 18.8 Å². The normalized spacial score (nSPS) is 20.4. The fraction of sp³-hybridized carbons (Fsp3) is 0.391. The molecule has 176 valence electrons. The van der Waals surface area contributed by atoms with E-state index in [1.807, 2.05) is 0 Å². The van der Waals surface area contributed by atoms with Crippen LogP contribution in [0, 0.1) is 11.6 Å². The van der Waals surface area contributed by atoms with Gasteiger partial charge in [0.25, 0.3) is 5.91 Å². The van der Waals surface area contributed by atoms with Crippen molar-refractivity contribution in [2.24, 2.45) is 0 Å². The van der Waals surface area contributed by atoms with Gasteiger partial charge in [-0.1, -0.05) is 12.1 Å². The van der Waals surface area contributed by atoms with Gasteiger partial charge < -0.3 is 29.9 Å². The Labute approximate surface area is 188 Å². The first kappa shape index (κ1) is 23.2. The molecule has 2 aromatic rings. The van der Waals surface area contributed by atoms with E-state index < -0.39 is 47.6 Å². The SMILES string of the molecule is C[C@H](NC(=O)c1ccc(-c2ccc(F)cc2F)cc1)C(=O)N1CC2(C[C@H]1C(O)O)OCCO2. The van der Waals surface area contributed by atoms with Crippen molar-refractivity contribution in [2.75, 3.05) is 19.8 Å². The summed E-state index contributed by atoms with van der Waals surface area (Å²) in [4.78, 5) is 26.9. The molecule has 1 spiro atoms. The van der Waals surface area contributed by atoms with Crippen LogP contribution < -0.4 is 5.32 Å². The number of rotatable bonds is 5. The molecule has 10 heteroatoms. The van der Waals surface area contributed by atoms with Crippen molar-refractivity contribution in [1.82, 2.24) is 10.2 Å². The third-order valence-corrected chi connectivity index (χ3v) is 5.88. The largest absolute Gasteiger partial charge is 0.366 e. The Morgan fingerprint density at radius 2 is 1.79 bits per heavy atom. The van der Waals surface area contributed by atoms with Crippen molar-refractivity contribution < 1.29 is 38.1 Å². The number of nitrogens with zero attached hydrogens (tertiary/aromatic N) is 1. The third kappa shape index (κ3) is 4.74. The number of hydrogen-bond donors (Lipinski definition) is 3. The summed E-state index contributed by atoms with van der Waals surface area (Å²) in [6.45, 7) is 2.21. The summed E-state index contributed by atoms with van der Waals surface area (Å²) in [5.74, 6) is -3.52. The molecular formula is C23H24F2N2O6. The number of likely N-dealkylation sites (tertiary alicyclic amines) is 1. The quantitative estimate of drug-likeness (QED) is 0.580. The molecule has 2 amide bonds. The van der Waals surface area contributed by atoms with Crippen molar-refractivity contribution in [3.8, 4) is 11.1 Å². The first-order valence-corrected chi connectivity index (χ1v) is 10.5. The second-order valence-corrected chi connectivity index (χ2v) is 8.16. The molecule has 2 fully saturated rings. The van der Waals surface area contributed by atoms with Crippen molar-refractivity contribution in [2.45, 2.75) is 37.5 Å². The summed E-state index contributed by atoms with van der Waals surface area (Å²) in [5.41, 5.74) is 0.895. The molecule has 0 radical (unpaired) electrons. The summed E-state index contributed by atoms with van der Waals surface area (Å²) in [5, 5.41) is 22.0. The van der Waals surface area contributed by atoms with E-state index in [1.165, 1.54) is 42.2 Å². The van der Waals surface area contributed by atoms with Crippen molar-refractivity contribution in [1.29, 1.82) is 0 Å². The van der Waals surface area contributed by atoms with Crippen LogP contribution in [0.3, 0.4) is 0 Å². The number of hydrogen-bond acceptors (Lipinski definition) is 6. The first-order chi connectivity index (χ1) is 15.7. The van der Waals surface area contributed by atoms with Crippen LogP contribution in [0.4, 0.5) is 8.78 Å². The first-order valence-electron chi connectivity index (χ1n) is 10.5. The minimum Gasteiger partial charge on any atom is -0.366 e. The van der Waals surface area contributed by atoms with Crippen LogP contribution in [-0.4, -0.2) is 70.8 Å². The maximum atomic E-state index is 14.0. The minimum absolute atomic E-state index is 0.0201. The highest BCUT2D eigenvalue weighted by atomic mass is 19.1. The molecule has 2 saturated heterocycles. The number of amides is 2. The van der Waals surface area contributed by atoms with Crippen LogP contribution in [0.25, 0.3) is 11.1 Å². The molecule has 33 heavy (non-hydrogen) atoms. The predicted molar refractivity (Wildman–Crippen MR) is 112 cm³/mol. The van der Waals surface area contributed by atoms with E-state index >= 15 is 0 Å². The van der Waals surface area contributed by atoms with Gasteiger partial charge in [-0.05, 0) is 36.8 Å². The van der Waals surface area contributed by atoms with Gasteiger partial charge in [0.15, 0.2) is 12.1 Å². The summed E-state index contributed by atoms with van der Waals surface area (Å²) in [7, 11) is 0. The van der Waals surface area contributed by atoms with Gasteiger partial charge >= 0.3 is 0 Å². The molecule has 0 aromatic heterocycles. The summed E-state index contributed by atoms with van der Waals surface area (Å²) in [6.07, 6.45) is -1.68. The lowest BCUT2D eigenvalue weighted by Crippen LogP contribution is -2.51. The minimum atomic E-state index is -1.79. The predicted octanol–water partition coefficient (Wildman–Crippen LogP) is 1.40. The fourth-order valence-electron chi connectivity index (χ4n) is 4.20. The molecule has 2 aromatic carbocycles. The van der Waals surface area contributed by atoms with E-state index in [-0.39, 0.29) is 24.1 Å².